The maximum Gasteiger partial charge on any atom is 0.320 e. The second kappa shape index (κ2) is 28.3. The standard InChI is InChI=1S/C15H26.4C9H11NO2/c1-2-8-13(7-1)15(11-5-6-12-15)14-9-3-4-10-14;4*10-8(9(11)12)6-7-4-2-1-3-5-7/h13-14H,1-12H2;4*1-5,8H,6,10H2,(H,11,12)/t;4*8-/m.0000/s1. The lowest BCUT2D eigenvalue weighted by Gasteiger charge is -2.41. The Bertz CT molecular complexity index is 1640. The lowest BCUT2D eigenvalue weighted by molar-refractivity contribution is -0.139. The van der Waals surface area contributed by atoms with Crippen molar-refractivity contribution in [3.63, 3.8) is 0 Å². The summed E-state index contributed by atoms with van der Waals surface area (Å²) in [6.07, 6.45) is 20.3. The molecule has 12 nitrogen and oxygen atoms in total. The van der Waals surface area contributed by atoms with Crippen LogP contribution in [0.1, 0.15) is 99.3 Å². The molecule has 3 aliphatic rings. The second-order valence-corrected chi connectivity index (χ2v) is 16.9. The summed E-state index contributed by atoms with van der Waals surface area (Å²) in [6.45, 7) is 0. The van der Waals surface area contributed by atoms with E-state index in [4.69, 9.17) is 43.4 Å². The molecular weight excluding hydrogens is 797 g/mol. The van der Waals surface area contributed by atoms with E-state index >= 15 is 0 Å². The van der Waals surface area contributed by atoms with Gasteiger partial charge >= 0.3 is 23.9 Å². The summed E-state index contributed by atoms with van der Waals surface area (Å²) in [5.74, 6) is -1.55. The Kier molecular flexibility index (Phi) is 23.4. The number of carbonyl (C=O) groups is 4. The Hall–Kier alpha value is -5.40. The third-order valence-electron chi connectivity index (χ3n) is 12.3. The first-order valence-electron chi connectivity index (χ1n) is 22.3. The predicted octanol–water partition coefficient (Wildman–Crippen LogP) is 7.49. The minimum absolute atomic E-state index is 0.385. The summed E-state index contributed by atoms with van der Waals surface area (Å²) in [7, 11) is 0. The zero-order valence-electron chi connectivity index (χ0n) is 36.6. The Morgan fingerprint density at radius 1 is 0.397 bits per heavy atom. The highest BCUT2D eigenvalue weighted by atomic mass is 16.4. The lowest BCUT2D eigenvalue weighted by Crippen LogP contribution is -2.33. The molecule has 0 amide bonds. The SMILES string of the molecule is C1CCC(C2(C3CCCC3)CCCC2)C1.N[C@@H](Cc1ccccc1)C(=O)O.N[C@@H](Cc1ccccc1)C(=O)O.N[C@@H](Cc1ccccc1)C(=O)O.N[C@@H](Cc1ccccc1)C(=O)O. The number of aliphatic carboxylic acids is 4. The van der Waals surface area contributed by atoms with Crippen LogP contribution < -0.4 is 22.9 Å². The van der Waals surface area contributed by atoms with Crippen molar-refractivity contribution in [2.24, 2.45) is 40.2 Å². The van der Waals surface area contributed by atoms with Crippen LogP contribution in [0, 0.1) is 17.3 Å². The van der Waals surface area contributed by atoms with Gasteiger partial charge in [0.05, 0.1) is 0 Å². The Morgan fingerprint density at radius 2 is 0.603 bits per heavy atom. The number of carboxylic acids is 4. The van der Waals surface area contributed by atoms with Crippen LogP contribution in [0.2, 0.25) is 0 Å². The average molecular weight is 867 g/mol. The van der Waals surface area contributed by atoms with E-state index in [1.54, 1.807) is 77.0 Å². The fourth-order valence-corrected chi connectivity index (χ4v) is 9.01. The Balaban J connectivity index is 0.000000210. The van der Waals surface area contributed by atoms with Gasteiger partial charge in [-0.2, -0.15) is 0 Å². The highest BCUT2D eigenvalue weighted by molar-refractivity contribution is 5.74. The van der Waals surface area contributed by atoms with Gasteiger partial charge in [0.1, 0.15) is 24.2 Å². The van der Waals surface area contributed by atoms with Crippen LogP contribution >= 0.6 is 0 Å². The summed E-state index contributed by atoms with van der Waals surface area (Å²) in [5.41, 5.74) is 26.1. The molecule has 0 spiro atoms. The molecule has 4 atom stereocenters. The fraction of sp³-hybridized carbons (Fsp3) is 0.451. The molecule has 4 aromatic carbocycles. The summed E-state index contributed by atoms with van der Waals surface area (Å²) in [6, 6.07) is 34.2. The van der Waals surface area contributed by atoms with Crippen LogP contribution in [0.4, 0.5) is 0 Å². The van der Waals surface area contributed by atoms with Crippen molar-refractivity contribution >= 4 is 23.9 Å². The van der Waals surface area contributed by atoms with E-state index in [9.17, 15) is 19.2 Å². The van der Waals surface area contributed by atoms with Crippen molar-refractivity contribution < 1.29 is 39.6 Å². The maximum absolute atomic E-state index is 10.4. The molecule has 0 bridgehead atoms. The molecule has 3 aliphatic carbocycles. The predicted molar refractivity (Wildman–Crippen MR) is 248 cm³/mol. The van der Waals surface area contributed by atoms with E-state index in [1.807, 2.05) is 121 Å². The third-order valence-corrected chi connectivity index (χ3v) is 12.3. The van der Waals surface area contributed by atoms with Gasteiger partial charge in [-0.05, 0) is 104 Å². The Morgan fingerprint density at radius 3 is 0.794 bits per heavy atom. The van der Waals surface area contributed by atoms with Crippen molar-refractivity contribution in [3.8, 4) is 0 Å². The number of hydrogen-bond acceptors (Lipinski definition) is 8. The van der Waals surface area contributed by atoms with Crippen molar-refractivity contribution in [2.45, 2.75) is 127 Å². The van der Waals surface area contributed by atoms with Gasteiger partial charge in [-0.25, -0.2) is 0 Å². The molecule has 0 heterocycles. The molecule has 0 radical (unpaired) electrons. The average Bonchev–Trinajstić information content (AvgIpc) is 4.11. The largest absolute Gasteiger partial charge is 0.480 e. The van der Waals surface area contributed by atoms with Crippen LogP contribution in [0.15, 0.2) is 121 Å². The van der Waals surface area contributed by atoms with E-state index in [0.29, 0.717) is 25.7 Å². The van der Waals surface area contributed by atoms with Crippen LogP contribution in [0.25, 0.3) is 0 Å². The van der Waals surface area contributed by atoms with Crippen molar-refractivity contribution in [3.05, 3.63) is 144 Å². The molecule has 63 heavy (non-hydrogen) atoms. The van der Waals surface area contributed by atoms with Gasteiger partial charge in [-0.1, -0.05) is 160 Å². The van der Waals surface area contributed by atoms with Crippen molar-refractivity contribution in [1.29, 1.82) is 0 Å². The molecule has 4 aromatic rings. The van der Waals surface area contributed by atoms with E-state index in [-0.39, 0.29) is 0 Å². The molecule has 0 aliphatic heterocycles. The zero-order valence-corrected chi connectivity index (χ0v) is 36.6. The minimum atomic E-state index is -0.959. The van der Waals surface area contributed by atoms with Gasteiger partial charge in [0.15, 0.2) is 0 Å². The van der Waals surface area contributed by atoms with Crippen LogP contribution in [0.3, 0.4) is 0 Å². The first kappa shape index (κ1) is 51.9. The lowest BCUT2D eigenvalue weighted by atomic mass is 9.64. The second-order valence-electron chi connectivity index (χ2n) is 16.9. The van der Waals surface area contributed by atoms with Gasteiger partial charge in [0.2, 0.25) is 0 Å². The van der Waals surface area contributed by atoms with Gasteiger partial charge in [0.25, 0.3) is 0 Å². The van der Waals surface area contributed by atoms with Crippen LogP contribution in [0.5, 0.6) is 0 Å². The number of hydrogen-bond donors (Lipinski definition) is 8. The molecule has 3 saturated carbocycles. The van der Waals surface area contributed by atoms with Gasteiger partial charge in [0, 0.05) is 0 Å². The quantitative estimate of drug-likeness (QED) is 0.0614. The fourth-order valence-electron chi connectivity index (χ4n) is 9.01. The van der Waals surface area contributed by atoms with Gasteiger partial charge < -0.3 is 43.4 Å². The first-order chi connectivity index (χ1) is 30.2. The van der Waals surface area contributed by atoms with E-state index in [0.717, 1.165) is 39.5 Å². The Labute approximate surface area is 373 Å². The van der Waals surface area contributed by atoms with Gasteiger partial charge in [-0.15, -0.1) is 0 Å². The van der Waals surface area contributed by atoms with Crippen LogP contribution in [-0.4, -0.2) is 68.5 Å². The molecule has 12 heteroatoms. The first-order valence-corrected chi connectivity index (χ1v) is 22.3. The minimum Gasteiger partial charge on any atom is -0.480 e. The number of nitrogens with two attached hydrogens (primary N) is 4. The maximum atomic E-state index is 10.4. The molecule has 7 rings (SSSR count). The smallest absolute Gasteiger partial charge is 0.320 e. The molecular formula is C51H70N4O8. The number of benzene rings is 4. The molecule has 3 fully saturated rings. The molecule has 0 unspecified atom stereocenters. The van der Waals surface area contributed by atoms with E-state index in [1.165, 1.54) is 0 Å². The topological polar surface area (TPSA) is 253 Å². The summed E-state index contributed by atoms with van der Waals surface area (Å²) < 4.78 is 0. The highest BCUT2D eigenvalue weighted by Crippen LogP contribution is 2.58. The van der Waals surface area contributed by atoms with E-state index in [2.05, 4.69) is 0 Å². The van der Waals surface area contributed by atoms with Crippen molar-refractivity contribution in [1.82, 2.24) is 0 Å². The summed E-state index contributed by atoms with van der Waals surface area (Å²) in [4.78, 5) is 41.5. The molecule has 0 aromatic heterocycles. The number of rotatable bonds is 14. The highest BCUT2D eigenvalue weighted by Gasteiger charge is 2.47. The molecule has 0 saturated heterocycles. The molecule has 342 valence electrons. The zero-order chi connectivity index (χ0) is 46.0. The normalized spacial score (nSPS) is 17.3. The van der Waals surface area contributed by atoms with Gasteiger partial charge in [-0.3, -0.25) is 19.2 Å². The van der Waals surface area contributed by atoms with E-state index < -0.39 is 48.0 Å². The monoisotopic (exact) mass is 867 g/mol. The number of carboxylic acid groups (broad SMARTS) is 4. The van der Waals surface area contributed by atoms with Crippen LogP contribution in [-0.2, 0) is 44.9 Å². The summed E-state index contributed by atoms with van der Waals surface area (Å²) >= 11 is 0. The summed E-state index contributed by atoms with van der Waals surface area (Å²) in [5, 5.41) is 34.1. The molecule has 12 N–H and O–H groups in total. The van der Waals surface area contributed by atoms with Crippen molar-refractivity contribution in [2.75, 3.05) is 0 Å². The third kappa shape index (κ3) is 19.3.